The van der Waals surface area contributed by atoms with Gasteiger partial charge in [-0.2, -0.15) is 0 Å². The van der Waals surface area contributed by atoms with Gasteiger partial charge in [-0.3, -0.25) is 4.79 Å². The number of aryl methyl sites for hydroxylation is 2. The molecule has 9 heteroatoms. The monoisotopic (exact) mass is 541 g/mol. The van der Waals surface area contributed by atoms with Crippen molar-refractivity contribution in [2.45, 2.75) is 12.8 Å². The first-order valence-electron chi connectivity index (χ1n) is 11.7. The fraction of sp³-hybridized carbons (Fsp3) is 0.276. The number of carbonyl (C=O) groups is 1. The number of rotatable bonds is 13. The van der Waals surface area contributed by atoms with Crippen LogP contribution in [0.3, 0.4) is 0 Å². The van der Waals surface area contributed by atoms with Gasteiger partial charge in [0.15, 0.2) is 34.5 Å². The van der Waals surface area contributed by atoms with Gasteiger partial charge in [0, 0.05) is 17.8 Å². The van der Waals surface area contributed by atoms with Crippen LogP contribution in [0.5, 0.6) is 34.5 Å². The van der Waals surface area contributed by atoms with E-state index in [1.165, 1.54) is 13.2 Å². The van der Waals surface area contributed by atoms with Crippen LogP contribution in [-0.4, -0.2) is 48.4 Å². The maximum absolute atomic E-state index is 12.7. The van der Waals surface area contributed by atoms with E-state index in [4.69, 9.17) is 40.0 Å². The van der Waals surface area contributed by atoms with Gasteiger partial charge in [-0.15, -0.1) is 0 Å². The zero-order chi connectivity index (χ0) is 27.7. The Kier molecular flexibility index (Phi) is 10.1. The number of hydrogen-bond donors (Lipinski definition) is 1. The summed E-state index contributed by atoms with van der Waals surface area (Å²) in [6.07, 6.45) is 4.37. The predicted molar refractivity (Wildman–Crippen MR) is 148 cm³/mol. The van der Waals surface area contributed by atoms with E-state index in [0.29, 0.717) is 63.6 Å². The molecular formula is C29H32ClNO7. The molecule has 0 heterocycles. The number of methoxy groups -OCH3 is 6. The van der Waals surface area contributed by atoms with E-state index < -0.39 is 0 Å². The molecule has 0 unspecified atom stereocenters. The first-order valence-corrected chi connectivity index (χ1v) is 12.1. The molecule has 0 saturated carbocycles. The fourth-order valence-electron chi connectivity index (χ4n) is 3.97. The molecule has 0 radical (unpaired) electrons. The standard InChI is InChI=1S/C29H32ClNO7/c1-33-24-10-9-20(17-25(24)34-2)23(32)11-12-31-22-14-18(13-21(30)28(22)37-5)7-8-19-15-26(35-3)29(38-6)27(16-19)36-4/h9-17,31H,7-8H2,1-6H3/b12-11-. The summed E-state index contributed by atoms with van der Waals surface area (Å²) in [4.78, 5) is 12.7. The zero-order valence-corrected chi connectivity index (χ0v) is 23.1. The molecule has 3 aromatic rings. The smallest absolute Gasteiger partial charge is 0.203 e. The molecule has 0 aliphatic rings. The molecule has 0 aliphatic heterocycles. The molecule has 0 bridgehead atoms. The second-order valence-corrected chi connectivity index (χ2v) is 8.51. The third-order valence-corrected chi connectivity index (χ3v) is 6.16. The lowest BCUT2D eigenvalue weighted by Gasteiger charge is -2.15. The molecule has 0 spiro atoms. The van der Waals surface area contributed by atoms with Crippen LogP contribution in [0.2, 0.25) is 5.02 Å². The minimum absolute atomic E-state index is 0.206. The van der Waals surface area contributed by atoms with Crippen LogP contribution in [0.15, 0.2) is 54.7 Å². The van der Waals surface area contributed by atoms with Crippen LogP contribution in [0.1, 0.15) is 21.5 Å². The van der Waals surface area contributed by atoms with Crippen LogP contribution in [0.25, 0.3) is 0 Å². The zero-order valence-electron chi connectivity index (χ0n) is 22.3. The Bertz CT molecular complexity index is 1280. The molecule has 202 valence electrons. The second kappa shape index (κ2) is 13.5. The topological polar surface area (TPSA) is 84.5 Å². The summed E-state index contributed by atoms with van der Waals surface area (Å²) in [5.74, 6) is 3.05. The average molecular weight is 542 g/mol. The van der Waals surface area contributed by atoms with Gasteiger partial charge in [-0.1, -0.05) is 11.6 Å². The summed E-state index contributed by atoms with van der Waals surface area (Å²) in [5.41, 5.74) is 3.09. The lowest BCUT2D eigenvalue weighted by molar-refractivity contribution is 0.104. The highest BCUT2D eigenvalue weighted by Crippen LogP contribution is 2.39. The van der Waals surface area contributed by atoms with E-state index in [1.54, 1.807) is 59.9 Å². The molecule has 0 aliphatic carbocycles. The first-order chi connectivity index (χ1) is 18.4. The van der Waals surface area contributed by atoms with Crippen LogP contribution < -0.4 is 33.7 Å². The summed E-state index contributed by atoms with van der Waals surface area (Å²) in [6, 6.07) is 12.6. The van der Waals surface area contributed by atoms with Crippen molar-refractivity contribution in [2.24, 2.45) is 0 Å². The molecule has 0 saturated heterocycles. The van der Waals surface area contributed by atoms with E-state index in [0.717, 1.165) is 11.1 Å². The molecule has 0 atom stereocenters. The molecule has 38 heavy (non-hydrogen) atoms. The van der Waals surface area contributed by atoms with Crippen molar-refractivity contribution in [3.8, 4) is 34.5 Å². The Balaban J connectivity index is 1.77. The largest absolute Gasteiger partial charge is 0.493 e. The van der Waals surface area contributed by atoms with Crippen LogP contribution in [-0.2, 0) is 12.8 Å². The molecule has 8 nitrogen and oxygen atoms in total. The van der Waals surface area contributed by atoms with Gasteiger partial charge in [0.25, 0.3) is 0 Å². The van der Waals surface area contributed by atoms with Crippen molar-refractivity contribution in [3.05, 3.63) is 76.5 Å². The van der Waals surface area contributed by atoms with Crippen LogP contribution >= 0.6 is 11.6 Å². The molecule has 0 fully saturated rings. The third kappa shape index (κ3) is 6.63. The molecule has 3 rings (SSSR count). The summed E-state index contributed by atoms with van der Waals surface area (Å²) in [5, 5.41) is 3.58. The van der Waals surface area contributed by atoms with Crippen molar-refractivity contribution in [3.63, 3.8) is 0 Å². The lowest BCUT2D eigenvalue weighted by Crippen LogP contribution is -2.01. The Morgan fingerprint density at radius 2 is 1.29 bits per heavy atom. The van der Waals surface area contributed by atoms with Gasteiger partial charge >= 0.3 is 0 Å². The average Bonchev–Trinajstić information content (AvgIpc) is 2.94. The van der Waals surface area contributed by atoms with Crippen LogP contribution in [0, 0.1) is 0 Å². The van der Waals surface area contributed by atoms with Crippen molar-refractivity contribution >= 4 is 23.1 Å². The maximum Gasteiger partial charge on any atom is 0.203 e. The summed E-state index contributed by atoms with van der Waals surface area (Å²) in [7, 11) is 9.36. The van der Waals surface area contributed by atoms with Gasteiger partial charge in [0.2, 0.25) is 5.75 Å². The van der Waals surface area contributed by atoms with E-state index in [1.807, 2.05) is 24.3 Å². The Morgan fingerprint density at radius 1 is 0.711 bits per heavy atom. The number of anilines is 1. The molecule has 3 aromatic carbocycles. The van der Waals surface area contributed by atoms with E-state index in [-0.39, 0.29) is 5.78 Å². The fourth-order valence-corrected chi connectivity index (χ4v) is 4.29. The highest BCUT2D eigenvalue weighted by Gasteiger charge is 2.15. The van der Waals surface area contributed by atoms with E-state index in [9.17, 15) is 4.79 Å². The summed E-state index contributed by atoms with van der Waals surface area (Å²) < 4.78 is 32.3. The SMILES string of the molecule is COc1ccc(C(=O)/C=C\Nc2cc(CCc3cc(OC)c(OC)c(OC)c3)cc(Cl)c2OC)cc1OC. The van der Waals surface area contributed by atoms with Crippen LogP contribution in [0.4, 0.5) is 5.69 Å². The van der Waals surface area contributed by atoms with Gasteiger partial charge in [-0.25, -0.2) is 0 Å². The van der Waals surface area contributed by atoms with Crippen molar-refractivity contribution in [1.29, 1.82) is 0 Å². The van der Waals surface area contributed by atoms with Gasteiger partial charge in [-0.05, 0) is 66.4 Å². The highest BCUT2D eigenvalue weighted by molar-refractivity contribution is 6.32. The number of carbonyl (C=O) groups excluding carboxylic acids is 1. The van der Waals surface area contributed by atoms with Crippen molar-refractivity contribution in [1.82, 2.24) is 0 Å². The third-order valence-electron chi connectivity index (χ3n) is 5.88. The Hall–Kier alpha value is -4.04. The summed E-state index contributed by atoms with van der Waals surface area (Å²) in [6.45, 7) is 0. The maximum atomic E-state index is 12.7. The highest BCUT2D eigenvalue weighted by atomic mass is 35.5. The normalized spacial score (nSPS) is 10.7. The van der Waals surface area contributed by atoms with Gasteiger partial charge < -0.3 is 33.7 Å². The molecular weight excluding hydrogens is 510 g/mol. The van der Waals surface area contributed by atoms with Gasteiger partial charge in [0.05, 0.1) is 53.4 Å². The molecule has 0 amide bonds. The quantitative estimate of drug-likeness (QED) is 0.209. The number of nitrogens with one attached hydrogen (secondary N) is 1. The van der Waals surface area contributed by atoms with Gasteiger partial charge in [0.1, 0.15) is 0 Å². The number of hydrogen-bond acceptors (Lipinski definition) is 8. The Labute approximate surface area is 228 Å². The number of allylic oxidation sites excluding steroid dienone is 1. The second-order valence-electron chi connectivity index (χ2n) is 8.10. The molecule has 0 aromatic heterocycles. The Morgan fingerprint density at radius 3 is 1.84 bits per heavy atom. The number of benzene rings is 3. The first kappa shape index (κ1) is 28.5. The summed E-state index contributed by atoms with van der Waals surface area (Å²) >= 11 is 6.51. The minimum Gasteiger partial charge on any atom is -0.493 e. The lowest BCUT2D eigenvalue weighted by atomic mass is 10.0. The molecule has 1 N–H and O–H groups in total. The number of ketones is 1. The predicted octanol–water partition coefficient (Wildman–Crippen LogP) is 5.99. The minimum atomic E-state index is -0.206. The van der Waals surface area contributed by atoms with E-state index in [2.05, 4.69) is 5.32 Å². The van der Waals surface area contributed by atoms with E-state index >= 15 is 0 Å². The van der Waals surface area contributed by atoms with Crippen molar-refractivity contribution < 1.29 is 33.2 Å². The number of halogens is 1. The number of ether oxygens (including phenoxy) is 6. The van der Waals surface area contributed by atoms with Crippen molar-refractivity contribution in [2.75, 3.05) is 48.0 Å².